The first-order valence-corrected chi connectivity index (χ1v) is 5.74. The van der Waals surface area contributed by atoms with Gasteiger partial charge in [0, 0.05) is 10.7 Å². The molecular formula is C9H6BrN3OS. The molecule has 0 saturated heterocycles. The Morgan fingerprint density at radius 1 is 1.53 bits per heavy atom. The summed E-state index contributed by atoms with van der Waals surface area (Å²) in [6.45, 7) is 0. The molecule has 0 bridgehead atoms. The first-order chi connectivity index (χ1) is 7.25. The molecule has 0 aliphatic rings. The predicted molar refractivity (Wildman–Crippen MR) is 62.0 cm³/mol. The molecule has 76 valence electrons. The van der Waals surface area contributed by atoms with Gasteiger partial charge in [0.1, 0.15) is 10.7 Å². The fourth-order valence-electron chi connectivity index (χ4n) is 0.979. The Bertz CT molecular complexity index is 472. The van der Waals surface area contributed by atoms with Crippen molar-refractivity contribution in [3.8, 4) is 0 Å². The summed E-state index contributed by atoms with van der Waals surface area (Å²) >= 11 is 4.59. The quantitative estimate of drug-likeness (QED) is 0.922. The summed E-state index contributed by atoms with van der Waals surface area (Å²) in [5.74, 6) is 0.325. The molecule has 6 heteroatoms. The van der Waals surface area contributed by atoms with Gasteiger partial charge in [-0.25, -0.2) is 4.98 Å². The zero-order chi connectivity index (χ0) is 10.7. The predicted octanol–water partition coefficient (Wildman–Crippen LogP) is 2.55. The van der Waals surface area contributed by atoms with Crippen molar-refractivity contribution in [2.45, 2.75) is 0 Å². The van der Waals surface area contributed by atoms with E-state index in [2.05, 4.69) is 31.2 Å². The number of nitrogens with one attached hydrogen (secondary N) is 1. The van der Waals surface area contributed by atoms with Gasteiger partial charge in [0.15, 0.2) is 0 Å². The maximum Gasteiger partial charge on any atom is 0.268 e. The van der Waals surface area contributed by atoms with Gasteiger partial charge in [0.2, 0.25) is 0 Å². The maximum absolute atomic E-state index is 11.6. The van der Waals surface area contributed by atoms with Gasteiger partial charge >= 0.3 is 0 Å². The van der Waals surface area contributed by atoms with Crippen LogP contribution >= 0.6 is 27.3 Å². The van der Waals surface area contributed by atoms with Crippen LogP contribution in [0.25, 0.3) is 0 Å². The summed E-state index contributed by atoms with van der Waals surface area (Å²) in [6.07, 6.45) is 3.14. The van der Waals surface area contributed by atoms with Gasteiger partial charge in [0.05, 0.1) is 11.7 Å². The topological polar surface area (TPSA) is 54.9 Å². The monoisotopic (exact) mass is 283 g/mol. The van der Waals surface area contributed by atoms with E-state index in [1.165, 1.54) is 17.5 Å². The van der Waals surface area contributed by atoms with Crippen LogP contribution in [0, 0.1) is 0 Å². The SMILES string of the molecule is O=C(Nc1cc(Br)ccn1)c1cncs1. The van der Waals surface area contributed by atoms with E-state index in [9.17, 15) is 4.79 Å². The second kappa shape index (κ2) is 4.50. The minimum atomic E-state index is -0.192. The first-order valence-electron chi connectivity index (χ1n) is 4.07. The average Bonchev–Trinajstić information content (AvgIpc) is 2.70. The molecule has 4 nitrogen and oxygen atoms in total. The van der Waals surface area contributed by atoms with E-state index in [-0.39, 0.29) is 5.91 Å². The number of hydrogen-bond donors (Lipinski definition) is 1. The lowest BCUT2D eigenvalue weighted by atomic mass is 10.4. The van der Waals surface area contributed by atoms with Gasteiger partial charge in [-0.05, 0) is 12.1 Å². The number of carbonyl (C=O) groups excluding carboxylic acids is 1. The highest BCUT2D eigenvalue weighted by Gasteiger charge is 2.07. The Hall–Kier alpha value is -1.27. The van der Waals surface area contributed by atoms with Crippen molar-refractivity contribution in [1.29, 1.82) is 0 Å². The normalized spacial score (nSPS) is 9.93. The van der Waals surface area contributed by atoms with Gasteiger partial charge < -0.3 is 5.32 Å². The van der Waals surface area contributed by atoms with Gasteiger partial charge in [-0.3, -0.25) is 9.78 Å². The Balaban J connectivity index is 2.13. The second-order valence-electron chi connectivity index (χ2n) is 2.68. The van der Waals surface area contributed by atoms with E-state index in [0.29, 0.717) is 10.7 Å². The zero-order valence-electron chi connectivity index (χ0n) is 7.48. The van der Waals surface area contributed by atoms with Crippen molar-refractivity contribution in [2.75, 3.05) is 5.32 Å². The molecule has 0 aliphatic heterocycles. The third kappa shape index (κ3) is 2.60. The number of thiazole rings is 1. The van der Waals surface area contributed by atoms with Crippen LogP contribution in [0.15, 0.2) is 34.5 Å². The Morgan fingerprint density at radius 2 is 2.40 bits per heavy atom. The van der Waals surface area contributed by atoms with Crippen molar-refractivity contribution in [2.24, 2.45) is 0 Å². The van der Waals surface area contributed by atoms with E-state index >= 15 is 0 Å². The summed E-state index contributed by atoms with van der Waals surface area (Å²) in [6, 6.07) is 3.53. The molecule has 0 saturated carbocycles. The molecule has 0 aliphatic carbocycles. The molecule has 15 heavy (non-hydrogen) atoms. The molecule has 0 fully saturated rings. The summed E-state index contributed by atoms with van der Waals surface area (Å²) in [4.78, 5) is 20.0. The number of rotatable bonds is 2. The van der Waals surface area contributed by atoms with Crippen LogP contribution in [0.5, 0.6) is 0 Å². The second-order valence-corrected chi connectivity index (χ2v) is 4.48. The van der Waals surface area contributed by atoms with Crippen molar-refractivity contribution in [3.63, 3.8) is 0 Å². The Labute approximate surface area is 98.5 Å². The lowest BCUT2D eigenvalue weighted by molar-refractivity contribution is 0.103. The van der Waals surface area contributed by atoms with E-state index in [1.54, 1.807) is 23.8 Å². The molecule has 2 aromatic heterocycles. The molecule has 2 heterocycles. The molecule has 1 amide bonds. The van der Waals surface area contributed by atoms with E-state index in [1.807, 2.05) is 0 Å². The van der Waals surface area contributed by atoms with Crippen LogP contribution < -0.4 is 5.32 Å². The molecule has 0 spiro atoms. The minimum absolute atomic E-state index is 0.192. The minimum Gasteiger partial charge on any atom is -0.306 e. The molecule has 0 unspecified atom stereocenters. The largest absolute Gasteiger partial charge is 0.306 e. The van der Waals surface area contributed by atoms with Crippen LogP contribution in [0.2, 0.25) is 0 Å². The summed E-state index contributed by atoms with van der Waals surface area (Å²) in [5, 5.41) is 2.68. The van der Waals surface area contributed by atoms with E-state index in [0.717, 1.165) is 4.47 Å². The average molecular weight is 284 g/mol. The lowest BCUT2D eigenvalue weighted by Crippen LogP contribution is -2.11. The number of anilines is 1. The van der Waals surface area contributed by atoms with Crippen LogP contribution in [-0.4, -0.2) is 15.9 Å². The number of carbonyl (C=O) groups is 1. The third-order valence-corrected chi connectivity index (χ3v) is 2.88. The van der Waals surface area contributed by atoms with Crippen molar-refractivity contribution >= 4 is 39.0 Å². The highest BCUT2D eigenvalue weighted by atomic mass is 79.9. The molecular weight excluding hydrogens is 278 g/mol. The third-order valence-electron chi connectivity index (χ3n) is 1.62. The number of halogens is 1. The fourth-order valence-corrected chi connectivity index (χ4v) is 1.83. The fraction of sp³-hybridized carbons (Fsp3) is 0. The van der Waals surface area contributed by atoms with Crippen LogP contribution in [0.4, 0.5) is 5.82 Å². The van der Waals surface area contributed by atoms with Gasteiger partial charge in [-0.2, -0.15) is 0 Å². The Kier molecular flexibility index (Phi) is 3.08. The van der Waals surface area contributed by atoms with Crippen molar-refractivity contribution < 1.29 is 4.79 Å². The number of amides is 1. The number of nitrogens with zero attached hydrogens (tertiary/aromatic N) is 2. The van der Waals surface area contributed by atoms with Crippen LogP contribution in [-0.2, 0) is 0 Å². The highest BCUT2D eigenvalue weighted by Crippen LogP contribution is 2.14. The smallest absolute Gasteiger partial charge is 0.268 e. The lowest BCUT2D eigenvalue weighted by Gasteiger charge is -2.01. The van der Waals surface area contributed by atoms with Gasteiger partial charge in [-0.1, -0.05) is 15.9 Å². The van der Waals surface area contributed by atoms with E-state index in [4.69, 9.17) is 0 Å². The molecule has 1 N–H and O–H groups in total. The van der Waals surface area contributed by atoms with Crippen molar-refractivity contribution in [3.05, 3.63) is 39.4 Å². The van der Waals surface area contributed by atoms with Gasteiger partial charge in [0.25, 0.3) is 5.91 Å². The molecule has 2 rings (SSSR count). The molecule has 0 atom stereocenters. The number of pyridine rings is 1. The summed E-state index contributed by atoms with van der Waals surface area (Å²) in [5.41, 5.74) is 1.61. The van der Waals surface area contributed by atoms with Crippen molar-refractivity contribution in [1.82, 2.24) is 9.97 Å². The maximum atomic E-state index is 11.6. The zero-order valence-corrected chi connectivity index (χ0v) is 9.88. The number of hydrogen-bond acceptors (Lipinski definition) is 4. The Morgan fingerprint density at radius 3 is 3.07 bits per heavy atom. The summed E-state index contributed by atoms with van der Waals surface area (Å²) in [7, 11) is 0. The van der Waals surface area contributed by atoms with Crippen LogP contribution in [0.3, 0.4) is 0 Å². The first kappa shape index (κ1) is 10.3. The highest BCUT2D eigenvalue weighted by molar-refractivity contribution is 9.10. The number of aromatic nitrogens is 2. The molecule has 2 aromatic rings. The molecule has 0 aromatic carbocycles. The standard InChI is InChI=1S/C9H6BrN3OS/c10-6-1-2-12-8(3-6)13-9(14)7-4-11-5-15-7/h1-5H,(H,12,13,14). The van der Waals surface area contributed by atoms with Crippen LogP contribution in [0.1, 0.15) is 9.67 Å². The van der Waals surface area contributed by atoms with Gasteiger partial charge in [-0.15, -0.1) is 11.3 Å². The van der Waals surface area contributed by atoms with E-state index < -0.39 is 0 Å². The summed E-state index contributed by atoms with van der Waals surface area (Å²) < 4.78 is 0.872. The molecule has 0 radical (unpaired) electrons.